The van der Waals surface area contributed by atoms with Gasteiger partial charge >= 0.3 is 0 Å². The van der Waals surface area contributed by atoms with Crippen LogP contribution in [-0.2, 0) is 16.4 Å². The molecular weight excluding hydrogens is 294 g/mol. The zero-order valence-corrected chi connectivity index (χ0v) is 13.6. The molecule has 0 saturated heterocycles. The fraction of sp³-hybridized carbons (Fsp3) is 0.222. The van der Waals surface area contributed by atoms with Crippen molar-refractivity contribution in [1.82, 2.24) is 0 Å². The third-order valence-electron chi connectivity index (χ3n) is 3.45. The van der Waals surface area contributed by atoms with Crippen molar-refractivity contribution in [1.29, 1.82) is 0 Å². The number of sulfonamides is 1. The lowest BCUT2D eigenvalue weighted by Crippen LogP contribution is -2.14. The lowest BCUT2D eigenvalue weighted by atomic mass is 10.1. The predicted molar refractivity (Wildman–Crippen MR) is 91.6 cm³/mol. The van der Waals surface area contributed by atoms with E-state index in [1.54, 1.807) is 30.3 Å². The minimum atomic E-state index is -3.55. The number of aryl methyl sites for hydroxylation is 2. The average molecular weight is 315 g/mol. The van der Waals surface area contributed by atoms with E-state index >= 15 is 0 Å². The Morgan fingerprint density at radius 1 is 1.09 bits per heavy atom. The maximum atomic E-state index is 12.5. The molecule has 0 unspecified atom stereocenters. The molecule has 0 saturated carbocycles. The van der Waals surface area contributed by atoms with Gasteiger partial charge in [0.2, 0.25) is 0 Å². The predicted octanol–water partition coefficient (Wildman–Crippen LogP) is 4.30. The summed E-state index contributed by atoms with van der Waals surface area (Å²) >= 11 is 0. The van der Waals surface area contributed by atoms with Crippen molar-refractivity contribution in [2.75, 3.05) is 4.72 Å². The van der Waals surface area contributed by atoms with Crippen LogP contribution in [0, 0.1) is 6.92 Å². The molecule has 2 rings (SSSR count). The quantitative estimate of drug-likeness (QED) is 0.611. The molecule has 0 atom stereocenters. The van der Waals surface area contributed by atoms with Crippen LogP contribution in [0.3, 0.4) is 0 Å². The Labute approximate surface area is 132 Å². The van der Waals surface area contributed by atoms with Gasteiger partial charge in [0.1, 0.15) is 0 Å². The summed E-state index contributed by atoms with van der Waals surface area (Å²) in [7, 11) is -3.55. The maximum Gasteiger partial charge on any atom is 0.261 e. The van der Waals surface area contributed by atoms with Crippen LogP contribution in [-0.4, -0.2) is 8.42 Å². The molecule has 0 spiro atoms. The van der Waals surface area contributed by atoms with Crippen LogP contribution in [0.25, 0.3) is 0 Å². The number of hydrogen-bond acceptors (Lipinski definition) is 2. The van der Waals surface area contributed by atoms with Crippen LogP contribution in [0.5, 0.6) is 0 Å². The summed E-state index contributed by atoms with van der Waals surface area (Å²) in [5.41, 5.74) is 2.68. The molecule has 0 aliphatic rings. The first kappa shape index (κ1) is 16.3. The van der Waals surface area contributed by atoms with Crippen molar-refractivity contribution < 1.29 is 8.42 Å². The normalized spacial score (nSPS) is 11.1. The Kier molecular flexibility index (Phi) is 5.39. The van der Waals surface area contributed by atoms with Crippen LogP contribution in [0.2, 0.25) is 0 Å². The van der Waals surface area contributed by atoms with Gasteiger partial charge in [0.15, 0.2) is 0 Å². The fourth-order valence-corrected chi connectivity index (χ4v) is 3.30. The van der Waals surface area contributed by atoms with Gasteiger partial charge < -0.3 is 0 Å². The Morgan fingerprint density at radius 3 is 2.45 bits per heavy atom. The molecule has 2 aromatic carbocycles. The average Bonchev–Trinajstić information content (AvgIpc) is 2.49. The van der Waals surface area contributed by atoms with Crippen molar-refractivity contribution in [2.24, 2.45) is 0 Å². The third-order valence-corrected chi connectivity index (χ3v) is 4.83. The van der Waals surface area contributed by atoms with Crippen molar-refractivity contribution in [3.8, 4) is 0 Å². The summed E-state index contributed by atoms with van der Waals surface area (Å²) in [6.07, 6.45) is 4.56. The van der Waals surface area contributed by atoms with E-state index in [1.165, 1.54) is 0 Å². The fourth-order valence-electron chi connectivity index (χ4n) is 2.20. The minimum Gasteiger partial charge on any atom is -0.279 e. The second-order valence-corrected chi connectivity index (χ2v) is 6.94. The number of hydrogen-bond donors (Lipinski definition) is 1. The van der Waals surface area contributed by atoms with Crippen molar-refractivity contribution in [3.05, 3.63) is 72.3 Å². The van der Waals surface area contributed by atoms with Crippen LogP contribution in [0.4, 0.5) is 5.69 Å². The summed E-state index contributed by atoms with van der Waals surface area (Å²) < 4.78 is 27.6. The molecule has 0 aliphatic heterocycles. The van der Waals surface area contributed by atoms with E-state index in [4.69, 9.17) is 0 Å². The smallest absolute Gasteiger partial charge is 0.261 e. The summed E-state index contributed by atoms with van der Waals surface area (Å²) in [5, 5.41) is 0. The number of anilines is 1. The van der Waals surface area contributed by atoms with Crippen molar-refractivity contribution in [2.45, 2.75) is 31.1 Å². The molecule has 0 radical (unpaired) electrons. The van der Waals surface area contributed by atoms with E-state index in [2.05, 4.69) is 11.3 Å². The molecule has 116 valence electrons. The molecule has 22 heavy (non-hydrogen) atoms. The van der Waals surface area contributed by atoms with Gasteiger partial charge in [-0.3, -0.25) is 4.72 Å². The first-order chi connectivity index (χ1) is 10.5. The Balaban J connectivity index is 2.22. The third kappa shape index (κ3) is 4.21. The van der Waals surface area contributed by atoms with Gasteiger partial charge in [-0.05, 0) is 49.9 Å². The van der Waals surface area contributed by atoms with E-state index in [0.29, 0.717) is 5.69 Å². The van der Waals surface area contributed by atoms with Gasteiger partial charge in [0, 0.05) is 0 Å². The van der Waals surface area contributed by atoms with Gasteiger partial charge in [0.05, 0.1) is 10.6 Å². The van der Waals surface area contributed by atoms with Crippen LogP contribution in [0.1, 0.15) is 24.0 Å². The number of unbranched alkanes of at least 4 members (excludes halogenated alkanes) is 1. The number of benzene rings is 2. The lowest BCUT2D eigenvalue weighted by molar-refractivity contribution is 0.601. The van der Waals surface area contributed by atoms with Crippen molar-refractivity contribution >= 4 is 15.7 Å². The van der Waals surface area contributed by atoms with Gasteiger partial charge in [-0.1, -0.05) is 42.0 Å². The van der Waals surface area contributed by atoms with Crippen LogP contribution >= 0.6 is 0 Å². The Bertz CT molecular complexity index is 734. The highest BCUT2D eigenvalue weighted by Gasteiger charge is 2.15. The molecule has 1 N–H and O–H groups in total. The SMILES string of the molecule is C=CCCCc1ccccc1NS(=O)(=O)c1ccc(C)cc1. The summed E-state index contributed by atoms with van der Waals surface area (Å²) in [5.74, 6) is 0. The van der Waals surface area contributed by atoms with E-state index in [-0.39, 0.29) is 4.90 Å². The van der Waals surface area contributed by atoms with Gasteiger partial charge in [-0.15, -0.1) is 6.58 Å². The number of nitrogens with one attached hydrogen (secondary N) is 1. The van der Waals surface area contributed by atoms with E-state index in [1.807, 2.05) is 31.2 Å². The maximum absolute atomic E-state index is 12.5. The van der Waals surface area contributed by atoms with Gasteiger partial charge in [-0.25, -0.2) is 8.42 Å². The summed E-state index contributed by atoms with van der Waals surface area (Å²) in [6, 6.07) is 14.4. The van der Waals surface area contributed by atoms with E-state index in [0.717, 1.165) is 30.4 Å². The van der Waals surface area contributed by atoms with Gasteiger partial charge in [0.25, 0.3) is 10.0 Å². The molecule has 3 nitrogen and oxygen atoms in total. The highest BCUT2D eigenvalue weighted by Crippen LogP contribution is 2.22. The molecule has 0 fully saturated rings. The summed E-state index contributed by atoms with van der Waals surface area (Å²) in [4.78, 5) is 0.277. The van der Waals surface area contributed by atoms with Crippen molar-refractivity contribution in [3.63, 3.8) is 0 Å². The monoisotopic (exact) mass is 315 g/mol. The van der Waals surface area contributed by atoms with Gasteiger partial charge in [-0.2, -0.15) is 0 Å². The molecule has 0 aromatic heterocycles. The van der Waals surface area contributed by atoms with E-state index in [9.17, 15) is 8.42 Å². The molecule has 0 amide bonds. The molecular formula is C18H21NO2S. The molecule has 4 heteroatoms. The summed E-state index contributed by atoms with van der Waals surface area (Å²) in [6.45, 7) is 5.64. The number of para-hydroxylation sites is 1. The topological polar surface area (TPSA) is 46.2 Å². The second-order valence-electron chi connectivity index (χ2n) is 5.26. The van der Waals surface area contributed by atoms with Crippen LogP contribution < -0.4 is 4.72 Å². The first-order valence-electron chi connectivity index (χ1n) is 7.31. The molecule has 2 aromatic rings. The first-order valence-corrected chi connectivity index (χ1v) is 8.79. The molecule has 0 bridgehead atoms. The Hall–Kier alpha value is -2.07. The minimum absolute atomic E-state index is 0.277. The highest BCUT2D eigenvalue weighted by molar-refractivity contribution is 7.92. The zero-order chi connectivity index (χ0) is 16.0. The largest absolute Gasteiger partial charge is 0.279 e. The number of rotatable bonds is 7. The van der Waals surface area contributed by atoms with E-state index < -0.39 is 10.0 Å². The zero-order valence-electron chi connectivity index (χ0n) is 12.7. The molecule has 0 aliphatic carbocycles. The Morgan fingerprint density at radius 2 is 1.77 bits per heavy atom. The highest BCUT2D eigenvalue weighted by atomic mass is 32.2. The molecule has 0 heterocycles. The van der Waals surface area contributed by atoms with Crippen LogP contribution in [0.15, 0.2) is 66.1 Å². The number of allylic oxidation sites excluding steroid dienone is 1. The second kappa shape index (κ2) is 7.27. The standard InChI is InChI=1S/C18H21NO2S/c1-3-4-5-8-16-9-6-7-10-18(16)19-22(20,21)17-13-11-15(2)12-14-17/h3,6-7,9-14,19H,1,4-5,8H2,2H3. The lowest BCUT2D eigenvalue weighted by Gasteiger charge is -2.12.